The molecule has 1 aliphatic heterocycles. The van der Waals surface area contributed by atoms with Crippen LogP contribution in [0.3, 0.4) is 0 Å². The lowest BCUT2D eigenvalue weighted by Crippen LogP contribution is -2.47. The molecule has 5 rings (SSSR count). The Kier molecular flexibility index (Phi) is 7.07. The van der Waals surface area contributed by atoms with Crippen molar-refractivity contribution in [1.82, 2.24) is 0 Å². The van der Waals surface area contributed by atoms with Gasteiger partial charge in [-0.3, -0.25) is 29.8 Å². The molecule has 200 valence electrons. The van der Waals surface area contributed by atoms with Gasteiger partial charge < -0.3 is 9.80 Å². The topological polar surface area (TPSA) is 127 Å². The van der Waals surface area contributed by atoms with Crippen LogP contribution in [-0.2, 0) is 0 Å². The molecule has 0 saturated carbocycles. The lowest BCUT2D eigenvalue weighted by molar-refractivity contribution is -0.385. The van der Waals surface area contributed by atoms with Crippen LogP contribution in [0.25, 0.3) is 0 Å². The zero-order valence-corrected chi connectivity index (χ0v) is 21.4. The molecule has 1 aliphatic rings. The maximum atomic E-state index is 14.0. The van der Waals surface area contributed by atoms with Gasteiger partial charge in [0.2, 0.25) is 0 Å². The van der Waals surface area contributed by atoms with Crippen molar-refractivity contribution in [2.75, 3.05) is 9.80 Å². The molecule has 40 heavy (non-hydrogen) atoms. The number of hydrogen-bond acceptors (Lipinski definition) is 6. The van der Waals surface area contributed by atoms with Gasteiger partial charge in [0.15, 0.2) is 0 Å². The Hall–Kier alpha value is -5.38. The molecular weight excluding hydrogens is 512 g/mol. The highest BCUT2D eigenvalue weighted by Gasteiger charge is 2.39. The van der Waals surface area contributed by atoms with Crippen LogP contribution in [0, 0.1) is 20.2 Å². The number of fused-ring (bicyclic) bond motifs is 1. The molecule has 4 aromatic rings. The molecule has 10 nitrogen and oxygen atoms in total. The van der Waals surface area contributed by atoms with Crippen LogP contribution < -0.4 is 9.80 Å². The summed E-state index contributed by atoms with van der Waals surface area (Å²) < 4.78 is 0. The van der Waals surface area contributed by atoms with E-state index >= 15 is 0 Å². The average Bonchev–Trinajstić information content (AvgIpc) is 2.97. The van der Waals surface area contributed by atoms with E-state index in [0.29, 0.717) is 23.4 Å². The minimum absolute atomic E-state index is 0.165. The largest absolute Gasteiger partial charge is 0.305 e. The smallest absolute Gasteiger partial charge is 0.270 e. The van der Waals surface area contributed by atoms with Crippen LogP contribution in [0.1, 0.15) is 45.7 Å². The van der Waals surface area contributed by atoms with Gasteiger partial charge in [0.05, 0.1) is 15.9 Å². The fourth-order valence-corrected chi connectivity index (χ4v) is 5.15. The second kappa shape index (κ2) is 10.8. The van der Waals surface area contributed by atoms with E-state index in [0.717, 1.165) is 0 Å². The lowest BCUT2D eigenvalue weighted by atomic mass is 9.89. The Morgan fingerprint density at radius 1 is 0.775 bits per heavy atom. The molecule has 4 aromatic carbocycles. The predicted molar refractivity (Wildman–Crippen MR) is 150 cm³/mol. The molecule has 0 saturated heterocycles. The molecular formula is C30H24N4O6. The SMILES string of the molecule is C[C@H]1C[C@@H](N(C(=O)c2cccc([N+](=O)[O-])c2)c2ccccc2)c2ccccc2N1C(=O)c1cccc([N+](=O)[O-])c1. The molecule has 2 amide bonds. The third-order valence-corrected chi connectivity index (χ3v) is 6.95. The first-order valence-electron chi connectivity index (χ1n) is 12.6. The summed E-state index contributed by atoms with van der Waals surface area (Å²) in [5, 5.41) is 22.7. The van der Waals surface area contributed by atoms with Crippen molar-refractivity contribution in [3.8, 4) is 0 Å². The highest BCUT2D eigenvalue weighted by atomic mass is 16.6. The zero-order chi connectivity index (χ0) is 28.4. The molecule has 0 aromatic heterocycles. The van der Waals surface area contributed by atoms with Crippen molar-refractivity contribution in [2.45, 2.75) is 25.4 Å². The number of carbonyl (C=O) groups is 2. The number of anilines is 2. The molecule has 2 atom stereocenters. The summed E-state index contributed by atoms with van der Waals surface area (Å²) in [5.41, 5.74) is 1.87. The number of nitro groups is 2. The van der Waals surface area contributed by atoms with Crippen LogP contribution in [0.4, 0.5) is 22.7 Å². The number of benzene rings is 4. The first kappa shape index (κ1) is 26.2. The number of amides is 2. The molecule has 0 aliphatic carbocycles. The Balaban J connectivity index is 1.60. The molecule has 1 heterocycles. The van der Waals surface area contributed by atoms with Crippen LogP contribution in [0.15, 0.2) is 103 Å². The van der Waals surface area contributed by atoms with Gasteiger partial charge >= 0.3 is 0 Å². The van der Waals surface area contributed by atoms with Crippen molar-refractivity contribution >= 4 is 34.6 Å². The third kappa shape index (κ3) is 4.90. The molecule has 10 heteroatoms. The number of rotatable bonds is 6. The monoisotopic (exact) mass is 536 g/mol. The summed E-state index contributed by atoms with van der Waals surface area (Å²) in [5.74, 6) is -0.807. The van der Waals surface area contributed by atoms with E-state index < -0.39 is 33.7 Å². The fraction of sp³-hybridized carbons (Fsp3) is 0.133. The Bertz CT molecular complexity index is 1620. The van der Waals surface area contributed by atoms with Crippen molar-refractivity contribution < 1.29 is 19.4 Å². The molecule has 0 N–H and O–H groups in total. The number of para-hydroxylation sites is 2. The van der Waals surface area contributed by atoms with Crippen molar-refractivity contribution in [1.29, 1.82) is 0 Å². The summed E-state index contributed by atoms with van der Waals surface area (Å²) in [4.78, 5) is 52.6. The summed E-state index contributed by atoms with van der Waals surface area (Å²) >= 11 is 0. The van der Waals surface area contributed by atoms with Crippen molar-refractivity contribution in [2.24, 2.45) is 0 Å². The molecule has 0 spiro atoms. The fourth-order valence-electron chi connectivity index (χ4n) is 5.15. The highest BCUT2D eigenvalue weighted by molar-refractivity contribution is 6.09. The molecule has 0 radical (unpaired) electrons. The van der Waals surface area contributed by atoms with Crippen molar-refractivity contribution in [3.63, 3.8) is 0 Å². The highest BCUT2D eigenvalue weighted by Crippen LogP contribution is 2.43. The van der Waals surface area contributed by atoms with E-state index in [1.807, 2.05) is 25.1 Å². The maximum Gasteiger partial charge on any atom is 0.270 e. The Labute approximate surface area is 229 Å². The third-order valence-electron chi connectivity index (χ3n) is 6.95. The van der Waals surface area contributed by atoms with Gasteiger partial charge in [-0.1, -0.05) is 48.5 Å². The van der Waals surface area contributed by atoms with Gasteiger partial charge in [0.25, 0.3) is 23.2 Å². The van der Waals surface area contributed by atoms with Crippen LogP contribution >= 0.6 is 0 Å². The van der Waals surface area contributed by atoms with E-state index in [9.17, 15) is 29.8 Å². The molecule has 0 fully saturated rings. The minimum Gasteiger partial charge on any atom is -0.305 e. The van der Waals surface area contributed by atoms with Gasteiger partial charge in [-0.05, 0) is 49.2 Å². The van der Waals surface area contributed by atoms with Gasteiger partial charge in [-0.15, -0.1) is 0 Å². The summed E-state index contributed by atoms with van der Waals surface area (Å²) in [7, 11) is 0. The van der Waals surface area contributed by atoms with E-state index in [2.05, 4.69) is 0 Å². The Morgan fingerprint density at radius 2 is 1.35 bits per heavy atom. The standard InChI is InChI=1S/C30H24N4O6/c1-20-17-28(32(23-11-3-2-4-12-23)30(36)22-10-8-14-25(19-22)34(39)40)26-15-5-6-16-27(26)31(20)29(35)21-9-7-13-24(18-21)33(37)38/h2-16,18-20,28H,17H2,1H3/t20-,28+/m0/s1. The predicted octanol–water partition coefficient (Wildman–Crippen LogP) is 6.33. The zero-order valence-electron chi connectivity index (χ0n) is 21.4. The lowest BCUT2D eigenvalue weighted by Gasteiger charge is -2.43. The Morgan fingerprint density at radius 3 is 2.00 bits per heavy atom. The summed E-state index contributed by atoms with van der Waals surface area (Å²) in [6, 6.07) is 26.6. The van der Waals surface area contributed by atoms with E-state index in [1.165, 1.54) is 36.4 Å². The number of nitro benzene ring substituents is 2. The molecule has 0 bridgehead atoms. The van der Waals surface area contributed by atoms with Crippen LogP contribution in [0.5, 0.6) is 0 Å². The number of non-ortho nitro benzene ring substituents is 2. The summed E-state index contributed by atoms with van der Waals surface area (Å²) in [6.07, 6.45) is 0.354. The first-order chi connectivity index (χ1) is 19.3. The van der Waals surface area contributed by atoms with Crippen LogP contribution in [0.2, 0.25) is 0 Å². The van der Waals surface area contributed by atoms with E-state index in [-0.39, 0.29) is 22.5 Å². The second-order valence-electron chi connectivity index (χ2n) is 9.46. The van der Waals surface area contributed by atoms with E-state index in [4.69, 9.17) is 0 Å². The number of hydrogen-bond donors (Lipinski definition) is 0. The normalized spacial score (nSPS) is 16.1. The second-order valence-corrected chi connectivity index (χ2v) is 9.46. The van der Waals surface area contributed by atoms with Gasteiger partial charge in [-0.2, -0.15) is 0 Å². The molecule has 0 unspecified atom stereocenters. The minimum atomic E-state index is -0.544. The first-order valence-corrected chi connectivity index (χ1v) is 12.6. The van der Waals surface area contributed by atoms with Gasteiger partial charge in [0.1, 0.15) is 0 Å². The van der Waals surface area contributed by atoms with E-state index in [1.54, 1.807) is 58.3 Å². The maximum absolute atomic E-state index is 14.0. The van der Waals surface area contributed by atoms with Gasteiger partial charge in [-0.25, -0.2) is 0 Å². The number of nitrogens with zero attached hydrogens (tertiary/aromatic N) is 4. The van der Waals surface area contributed by atoms with Crippen molar-refractivity contribution in [3.05, 3.63) is 140 Å². The van der Waals surface area contributed by atoms with Gasteiger partial charge in [0, 0.05) is 52.8 Å². The van der Waals surface area contributed by atoms with Crippen LogP contribution in [-0.4, -0.2) is 27.7 Å². The number of carbonyl (C=O) groups excluding carboxylic acids is 2. The summed E-state index contributed by atoms with van der Waals surface area (Å²) in [6.45, 7) is 1.86. The quantitative estimate of drug-likeness (QED) is 0.209. The average molecular weight is 537 g/mol.